The zero-order valence-corrected chi connectivity index (χ0v) is 7.34. The molecule has 2 unspecified atom stereocenters. The molecule has 0 aromatic heterocycles. The van der Waals surface area contributed by atoms with Crippen molar-refractivity contribution in [1.29, 1.82) is 0 Å². The van der Waals surface area contributed by atoms with Gasteiger partial charge in [0.1, 0.15) is 4.71 Å². The number of hydrazine groups is 1. The van der Waals surface area contributed by atoms with E-state index in [0.29, 0.717) is 0 Å². The van der Waals surface area contributed by atoms with Gasteiger partial charge >= 0.3 is 5.97 Å². The summed E-state index contributed by atoms with van der Waals surface area (Å²) in [6.07, 6.45) is 0. The fraction of sp³-hybridized carbons (Fsp3) is 0.667. The van der Waals surface area contributed by atoms with Crippen LogP contribution in [0.15, 0.2) is 0 Å². The van der Waals surface area contributed by atoms with Crippen LogP contribution in [0, 0.1) is 0 Å². The Labute approximate surface area is 72.9 Å². The summed E-state index contributed by atoms with van der Waals surface area (Å²) in [6.45, 7) is 0. The van der Waals surface area contributed by atoms with E-state index < -0.39 is 10.2 Å². The fourth-order valence-corrected chi connectivity index (χ4v) is 2.31. The van der Waals surface area contributed by atoms with Crippen molar-refractivity contribution in [1.82, 2.24) is 10.9 Å². The summed E-state index contributed by atoms with van der Waals surface area (Å²) in [5, 5.41) is 8.56. The third-order valence-corrected chi connectivity index (χ3v) is 2.96. The van der Waals surface area contributed by atoms with E-state index in [9.17, 15) is 4.79 Å². The highest BCUT2D eigenvalue weighted by molar-refractivity contribution is 8.18. The molecule has 1 aliphatic rings. The summed E-state index contributed by atoms with van der Waals surface area (Å²) < 4.78 is -1.47. The van der Waals surface area contributed by atoms with Crippen molar-refractivity contribution in [3.05, 3.63) is 0 Å². The van der Waals surface area contributed by atoms with Gasteiger partial charge in [-0.25, -0.2) is 15.6 Å². The Bertz CT molecular complexity index is 166. The van der Waals surface area contributed by atoms with Gasteiger partial charge in [-0.2, -0.15) is 0 Å². The van der Waals surface area contributed by atoms with Gasteiger partial charge in [0.05, 0.1) is 0 Å². The molecule has 0 aliphatic carbocycles. The van der Waals surface area contributed by atoms with Gasteiger partial charge in [0.25, 0.3) is 0 Å². The quantitative estimate of drug-likeness (QED) is 0.375. The number of thiol groups is 2. The summed E-state index contributed by atoms with van der Waals surface area (Å²) in [6, 6.07) is 0. The van der Waals surface area contributed by atoms with Crippen LogP contribution in [0.3, 0.4) is 0 Å². The van der Waals surface area contributed by atoms with Crippen molar-refractivity contribution in [3.8, 4) is 0 Å². The maximum Gasteiger partial charge on any atom is 0.346 e. The maximum absolute atomic E-state index is 10.4. The molecule has 1 rings (SSSR count). The Balaban J connectivity index is 2.63. The highest BCUT2D eigenvalue weighted by Gasteiger charge is 2.42. The molecule has 2 atom stereocenters. The highest BCUT2D eigenvalue weighted by Crippen LogP contribution is 2.35. The second-order valence-electron chi connectivity index (χ2n) is 1.69. The van der Waals surface area contributed by atoms with E-state index in [1.165, 1.54) is 0 Å². The lowest BCUT2D eigenvalue weighted by Gasteiger charge is -2.13. The minimum Gasteiger partial charge on any atom is -0.479 e. The first-order valence-corrected chi connectivity index (χ1v) is 4.23. The van der Waals surface area contributed by atoms with Gasteiger partial charge < -0.3 is 5.11 Å². The van der Waals surface area contributed by atoms with Gasteiger partial charge in [-0.1, -0.05) is 11.8 Å². The van der Waals surface area contributed by atoms with Crippen molar-refractivity contribution in [2.24, 2.45) is 0 Å². The van der Waals surface area contributed by atoms with E-state index in [2.05, 4.69) is 36.1 Å². The molecule has 0 radical (unpaired) electrons. The first-order valence-electron chi connectivity index (χ1n) is 2.39. The van der Waals surface area contributed by atoms with Gasteiger partial charge in [0, 0.05) is 0 Å². The molecule has 1 fully saturated rings. The van der Waals surface area contributed by atoms with Crippen LogP contribution in [-0.4, -0.2) is 20.0 Å². The third-order valence-electron chi connectivity index (χ3n) is 0.937. The predicted octanol–water partition coefficient (Wildman–Crippen LogP) is -0.291. The molecule has 7 heteroatoms. The second kappa shape index (κ2) is 2.82. The Kier molecular flexibility index (Phi) is 2.41. The standard InChI is InChI=1S/C3H6N2O2S3/c6-1(7)3(9)5-4-2(8)10-3/h2,4-5,8-9H,(H,6,7). The Morgan fingerprint density at radius 3 is 2.60 bits per heavy atom. The Morgan fingerprint density at radius 1 is 1.80 bits per heavy atom. The zero-order valence-electron chi connectivity index (χ0n) is 4.74. The van der Waals surface area contributed by atoms with Gasteiger partial charge in [-0.05, 0) is 0 Å². The molecule has 58 valence electrons. The number of hydrogen-bond donors (Lipinski definition) is 5. The van der Waals surface area contributed by atoms with E-state index in [0.717, 1.165) is 11.8 Å². The van der Waals surface area contributed by atoms with Crippen molar-refractivity contribution in [2.45, 2.75) is 8.91 Å². The van der Waals surface area contributed by atoms with E-state index in [4.69, 9.17) is 5.11 Å². The molecule has 1 saturated heterocycles. The molecule has 3 N–H and O–H groups in total. The lowest BCUT2D eigenvalue weighted by Crippen LogP contribution is -2.44. The Hall–Kier alpha value is 0.440. The summed E-state index contributed by atoms with van der Waals surface area (Å²) in [5.74, 6) is -1.02. The molecule has 1 aliphatic heterocycles. The molecule has 0 amide bonds. The molecule has 0 spiro atoms. The van der Waals surface area contributed by atoms with Crippen LogP contribution in [-0.2, 0) is 4.79 Å². The molecule has 10 heavy (non-hydrogen) atoms. The molecule has 0 bridgehead atoms. The topological polar surface area (TPSA) is 61.4 Å². The van der Waals surface area contributed by atoms with Crippen LogP contribution in [0.4, 0.5) is 0 Å². The summed E-state index contributed by atoms with van der Waals surface area (Å²) >= 11 is 8.94. The molecule has 0 aromatic rings. The van der Waals surface area contributed by atoms with Crippen LogP contribution in [0.25, 0.3) is 0 Å². The first kappa shape index (κ1) is 8.54. The monoisotopic (exact) mass is 198 g/mol. The second-order valence-corrected chi connectivity index (χ2v) is 4.85. The normalized spacial score (nSPS) is 40.0. The molecule has 0 saturated carbocycles. The molecule has 0 aromatic carbocycles. The van der Waals surface area contributed by atoms with Crippen molar-refractivity contribution < 1.29 is 9.90 Å². The van der Waals surface area contributed by atoms with Gasteiger partial charge in [-0.15, -0.1) is 25.3 Å². The molecule has 4 nitrogen and oxygen atoms in total. The largest absolute Gasteiger partial charge is 0.479 e. The number of carbonyl (C=O) groups is 1. The van der Waals surface area contributed by atoms with Crippen LogP contribution >= 0.6 is 37.0 Å². The van der Waals surface area contributed by atoms with E-state index in [-0.39, 0.29) is 4.71 Å². The highest BCUT2D eigenvalue weighted by atomic mass is 32.2. The lowest BCUT2D eigenvalue weighted by atomic mass is 10.7. The molecule has 1 heterocycles. The predicted molar refractivity (Wildman–Crippen MR) is 46.0 cm³/mol. The number of hydrogen-bond acceptors (Lipinski definition) is 6. The number of rotatable bonds is 1. The molecular weight excluding hydrogens is 192 g/mol. The van der Waals surface area contributed by atoms with Crippen molar-refractivity contribution in [2.75, 3.05) is 0 Å². The smallest absolute Gasteiger partial charge is 0.346 e. The zero-order chi connectivity index (χ0) is 7.78. The number of aliphatic carboxylic acids is 1. The third kappa shape index (κ3) is 1.54. The number of thioether (sulfide) groups is 1. The van der Waals surface area contributed by atoms with Crippen LogP contribution < -0.4 is 10.9 Å². The summed E-state index contributed by atoms with van der Waals surface area (Å²) in [5.41, 5.74) is 5.09. The lowest BCUT2D eigenvalue weighted by molar-refractivity contribution is -0.138. The van der Waals surface area contributed by atoms with E-state index in [1.807, 2.05) is 0 Å². The first-order chi connectivity index (χ1) is 4.54. The van der Waals surface area contributed by atoms with Crippen molar-refractivity contribution in [3.63, 3.8) is 0 Å². The number of nitrogens with one attached hydrogen (secondary N) is 2. The number of carboxylic acids is 1. The van der Waals surface area contributed by atoms with E-state index >= 15 is 0 Å². The van der Waals surface area contributed by atoms with Gasteiger partial charge in [0.2, 0.25) is 4.20 Å². The fourth-order valence-electron chi connectivity index (χ4n) is 0.484. The number of carboxylic acid groups (broad SMARTS) is 1. The van der Waals surface area contributed by atoms with E-state index in [1.54, 1.807) is 0 Å². The Morgan fingerprint density at radius 2 is 2.40 bits per heavy atom. The van der Waals surface area contributed by atoms with Crippen LogP contribution in [0.2, 0.25) is 0 Å². The average Bonchev–Trinajstić information content (AvgIpc) is 2.13. The van der Waals surface area contributed by atoms with Gasteiger partial charge in [-0.3, -0.25) is 0 Å². The van der Waals surface area contributed by atoms with Gasteiger partial charge in [0.15, 0.2) is 0 Å². The SMILES string of the molecule is O=C(O)C1(S)NNC(S)S1. The van der Waals surface area contributed by atoms with Crippen LogP contribution in [0.1, 0.15) is 0 Å². The summed E-state index contributed by atoms with van der Waals surface area (Å²) in [7, 11) is 0. The molecular formula is C3H6N2O2S3. The maximum atomic E-state index is 10.4. The van der Waals surface area contributed by atoms with Crippen LogP contribution in [0.5, 0.6) is 0 Å². The minimum atomic E-state index is -1.24. The minimum absolute atomic E-state index is 0.228. The summed E-state index contributed by atoms with van der Waals surface area (Å²) in [4.78, 5) is 10.4. The van der Waals surface area contributed by atoms with Crippen molar-refractivity contribution >= 4 is 43.0 Å². The average molecular weight is 198 g/mol.